The molecule has 2 atom stereocenters. The Hall–Kier alpha value is -3.10. The van der Waals surface area contributed by atoms with Gasteiger partial charge in [-0.2, -0.15) is 4.98 Å². The first-order valence-corrected chi connectivity index (χ1v) is 11.3. The summed E-state index contributed by atoms with van der Waals surface area (Å²) in [6.45, 7) is 4.26. The minimum Gasteiger partial charge on any atom is -0.348 e. The largest absolute Gasteiger partial charge is 0.348 e. The molecular formula is C24H23ClF2N6. The van der Waals surface area contributed by atoms with Gasteiger partial charge < -0.3 is 15.2 Å². The summed E-state index contributed by atoms with van der Waals surface area (Å²) in [4.78, 5) is 13.7. The lowest BCUT2D eigenvalue weighted by atomic mass is 10.1. The van der Waals surface area contributed by atoms with E-state index in [1.54, 1.807) is 36.5 Å². The minimum absolute atomic E-state index is 0.248. The first kappa shape index (κ1) is 21.7. The highest BCUT2D eigenvalue weighted by atomic mass is 35.5. The number of halogens is 3. The molecule has 9 heteroatoms. The SMILES string of the molecule is C[C@H](Nc1ncc2nc(-c3c(F)cccc3Cl)n(C[C@H]3CCNC3)c2n1)c1ccccc1F. The fourth-order valence-corrected chi connectivity index (χ4v) is 4.54. The summed E-state index contributed by atoms with van der Waals surface area (Å²) in [6.07, 6.45) is 2.60. The molecule has 1 fully saturated rings. The van der Waals surface area contributed by atoms with Crippen LogP contribution in [0.2, 0.25) is 5.02 Å². The summed E-state index contributed by atoms with van der Waals surface area (Å²) in [5.41, 5.74) is 1.89. The van der Waals surface area contributed by atoms with Crippen LogP contribution in [0.15, 0.2) is 48.7 Å². The van der Waals surface area contributed by atoms with Gasteiger partial charge in [-0.15, -0.1) is 0 Å². The molecule has 2 aromatic carbocycles. The predicted molar refractivity (Wildman–Crippen MR) is 125 cm³/mol. The van der Waals surface area contributed by atoms with E-state index in [1.807, 2.05) is 11.5 Å². The average molecular weight is 469 g/mol. The van der Waals surface area contributed by atoms with Crippen LogP contribution in [-0.4, -0.2) is 32.6 Å². The molecule has 1 aliphatic heterocycles. The molecule has 0 aliphatic carbocycles. The van der Waals surface area contributed by atoms with Crippen LogP contribution in [-0.2, 0) is 6.54 Å². The zero-order valence-corrected chi connectivity index (χ0v) is 18.8. The number of hydrogen-bond donors (Lipinski definition) is 2. The monoisotopic (exact) mass is 468 g/mol. The number of anilines is 1. The second-order valence-electron chi connectivity index (χ2n) is 8.29. The van der Waals surface area contributed by atoms with Crippen molar-refractivity contribution in [2.24, 2.45) is 5.92 Å². The first-order valence-electron chi connectivity index (χ1n) is 10.9. The van der Waals surface area contributed by atoms with Crippen LogP contribution in [0.3, 0.4) is 0 Å². The maximum Gasteiger partial charge on any atom is 0.225 e. The summed E-state index contributed by atoms with van der Waals surface area (Å²) in [7, 11) is 0. The minimum atomic E-state index is -0.442. The molecule has 33 heavy (non-hydrogen) atoms. The van der Waals surface area contributed by atoms with Crippen LogP contribution in [0, 0.1) is 17.6 Å². The maximum absolute atomic E-state index is 14.8. The molecular weight excluding hydrogens is 446 g/mol. The molecule has 4 aromatic rings. The number of hydrogen-bond acceptors (Lipinski definition) is 5. The molecule has 3 heterocycles. The summed E-state index contributed by atoms with van der Waals surface area (Å²) < 4.78 is 30.9. The zero-order chi connectivity index (χ0) is 22.9. The van der Waals surface area contributed by atoms with Gasteiger partial charge in [0.05, 0.1) is 22.8 Å². The Kier molecular flexibility index (Phi) is 5.95. The van der Waals surface area contributed by atoms with Gasteiger partial charge in [-0.1, -0.05) is 35.9 Å². The van der Waals surface area contributed by atoms with Crippen LogP contribution in [0.5, 0.6) is 0 Å². The molecule has 6 nitrogen and oxygen atoms in total. The van der Waals surface area contributed by atoms with E-state index in [0.717, 1.165) is 19.5 Å². The molecule has 170 valence electrons. The zero-order valence-electron chi connectivity index (χ0n) is 18.0. The van der Waals surface area contributed by atoms with Crippen LogP contribution in [0.25, 0.3) is 22.6 Å². The topological polar surface area (TPSA) is 67.7 Å². The molecule has 2 N–H and O–H groups in total. The van der Waals surface area contributed by atoms with Gasteiger partial charge in [0.25, 0.3) is 0 Å². The van der Waals surface area contributed by atoms with Crippen molar-refractivity contribution in [2.75, 3.05) is 18.4 Å². The van der Waals surface area contributed by atoms with Gasteiger partial charge in [0.2, 0.25) is 5.95 Å². The number of nitrogens with zero attached hydrogens (tertiary/aromatic N) is 4. The molecule has 1 aliphatic rings. The molecule has 5 rings (SSSR count). The fourth-order valence-electron chi connectivity index (χ4n) is 4.29. The maximum atomic E-state index is 14.8. The Bertz CT molecular complexity index is 1280. The highest BCUT2D eigenvalue weighted by Crippen LogP contribution is 2.33. The molecule has 0 unspecified atom stereocenters. The predicted octanol–water partition coefficient (Wildman–Crippen LogP) is 5.21. The Morgan fingerprint density at radius 2 is 1.97 bits per heavy atom. The number of benzene rings is 2. The smallest absolute Gasteiger partial charge is 0.225 e. The lowest BCUT2D eigenvalue weighted by Gasteiger charge is -2.16. The quantitative estimate of drug-likeness (QED) is 0.406. The fraction of sp³-hybridized carbons (Fsp3) is 0.292. The van der Waals surface area contributed by atoms with Crippen molar-refractivity contribution < 1.29 is 8.78 Å². The number of imidazole rings is 1. The molecule has 0 amide bonds. The van der Waals surface area contributed by atoms with E-state index < -0.39 is 5.82 Å². The van der Waals surface area contributed by atoms with Crippen molar-refractivity contribution in [3.63, 3.8) is 0 Å². The lowest BCUT2D eigenvalue weighted by molar-refractivity contribution is 0.489. The summed E-state index contributed by atoms with van der Waals surface area (Å²) in [6, 6.07) is 10.8. The highest BCUT2D eigenvalue weighted by molar-refractivity contribution is 6.33. The Morgan fingerprint density at radius 3 is 2.73 bits per heavy atom. The molecule has 2 aromatic heterocycles. The van der Waals surface area contributed by atoms with Crippen LogP contribution in [0.1, 0.15) is 24.9 Å². The molecule has 0 spiro atoms. The van der Waals surface area contributed by atoms with Gasteiger partial charge in [0, 0.05) is 12.1 Å². The second kappa shape index (κ2) is 9.03. The summed E-state index contributed by atoms with van der Waals surface area (Å²) in [5, 5.41) is 6.82. The van der Waals surface area contributed by atoms with E-state index in [0.29, 0.717) is 41.0 Å². The van der Waals surface area contributed by atoms with Gasteiger partial charge in [0.15, 0.2) is 5.65 Å². The summed E-state index contributed by atoms with van der Waals surface area (Å²) >= 11 is 6.37. The van der Waals surface area contributed by atoms with E-state index in [1.165, 1.54) is 12.1 Å². The van der Waals surface area contributed by atoms with E-state index in [2.05, 4.69) is 25.6 Å². The van der Waals surface area contributed by atoms with Crippen molar-refractivity contribution >= 4 is 28.7 Å². The van der Waals surface area contributed by atoms with Crippen molar-refractivity contribution in [1.29, 1.82) is 0 Å². The third-order valence-corrected chi connectivity index (χ3v) is 6.31. The average Bonchev–Trinajstić information content (AvgIpc) is 3.43. The highest BCUT2D eigenvalue weighted by Gasteiger charge is 2.24. The first-order chi connectivity index (χ1) is 16.0. The standard InChI is InChI=1S/C24H23ClF2N6/c1-14(16-5-2-3-7-18(16)26)30-24-29-12-20-22(32-24)33(13-15-9-10-28-11-15)23(31-20)21-17(25)6-4-8-19(21)27/h2-8,12,14-15,28H,9-11,13H2,1H3,(H,29,30,32)/t14-,15-/m0/s1. The van der Waals surface area contributed by atoms with Gasteiger partial charge in [-0.25, -0.2) is 18.7 Å². The van der Waals surface area contributed by atoms with E-state index >= 15 is 0 Å². The Morgan fingerprint density at radius 1 is 1.15 bits per heavy atom. The molecule has 0 saturated carbocycles. The van der Waals surface area contributed by atoms with E-state index in [-0.39, 0.29) is 22.4 Å². The van der Waals surface area contributed by atoms with Crippen LogP contribution < -0.4 is 10.6 Å². The number of nitrogens with one attached hydrogen (secondary N) is 2. The summed E-state index contributed by atoms with van der Waals surface area (Å²) in [5.74, 6) is 0.385. The Labute approximate surface area is 195 Å². The normalized spacial score (nSPS) is 16.9. The van der Waals surface area contributed by atoms with Gasteiger partial charge in [-0.05, 0) is 50.6 Å². The molecule has 0 radical (unpaired) electrons. The van der Waals surface area contributed by atoms with E-state index in [4.69, 9.17) is 11.6 Å². The van der Waals surface area contributed by atoms with Crippen LogP contribution >= 0.6 is 11.6 Å². The van der Waals surface area contributed by atoms with Crippen LogP contribution in [0.4, 0.5) is 14.7 Å². The molecule has 1 saturated heterocycles. The van der Waals surface area contributed by atoms with Crippen molar-refractivity contribution in [1.82, 2.24) is 24.8 Å². The van der Waals surface area contributed by atoms with Gasteiger partial charge in [-0.3, -0.25) is 0 Å². The third kappa shape index (κ3) is 4.28. The number of fused-ring (bicyclic) bond motifs is 1. The lowest BCUT2D eigenvalue weighted by Crippen LogP contribution is -2.16. The second-order valence-corrected chi connectivity index (χ2v) is 8.70. The van der Waals surface area contributed by atoms with Crippen molar-refractivity contribution in [3.8, 4) is 11.4 Å². The van der Waals surface area contributed by atoms with Gasteiger partial charge in [0.1, 0.15) is 23.0 Å². The number of aromatic nitrogens is 4. The third-order valence-electron chi connectivity index (χ3n) is 5.99. The van der Waals surface area contributed by atoms with Crippen molar-refractivity contribution in [2.45, 2.75) is 25.9 Å². The van der Waals surface area contributed by atoms with Gasteiger partial charge >= 0.3 is 0 Å². The molecule has 0 bridgehead atoms. The van der Waals surface area contributed by atoms with E-state index in [9.17, 15) is 8.78 Å². The number of rotatable bonds is 6. The Balaban J connectivity index is 1.58. The van der Waals surface area contributed by atoms with Crippen molar-refractivity contribution in [3.05, 3.63) is 70.9 Å².